The number of nitrogens with one attached hydrogen (secondary N) is 2. The summed E-state index contributed by atoms with van der Waals surface area (Å²) in [5.74, 6) is 0.896. The molecular formula is C15H34IN5O. The quantitative estimate of drug-likeness (QED) is 0.325. The second-order valence-corrected chi connectivity index (χ2v) is 5.54. The third kappa shape index (κ3) is 10.6. The number of hydrogen-bond donors (Lipinski definition) is 2. The molecule has 7 heteroatoms. The Labute approximate surface area is 153 Å². The van der Waals surface area contributed by atoms with Gasteiger partial charge in [-0.3, -0.25) is 9.89 Å². The van der Waals surface area contributed by atoms with Gasteiger partial charge in [-0.1, -0.05) is 13.3 Å². The molecule has 0 aromatic rings. The minimum atomic E-state index is 0. The Hall–Kier alpha value is -0.120. The summed E-state index contributed by atoms with van der Waals surface area (Å²) in [7, 11) is 4.00. The molecule has 0 unspecified atom stereocenters. The fourth-order valence-corrected chi connectivity index (χ4v) is 2.28. The molecule has 0 aliphatic carbocycles. The van der Waals surface area contributed by atoms with Crippen molar-refractivity contribution in [3.63, 3.8) is 0 Å². The van der Waals surface area contributed by atoms with Crippen LogP contribution in [0.15, 0.2) is 4.99 Å². The largest absolute Gasteiger partial charge is 0.379 e. The molecule has 1 aliphatic rings. The normalized spacial score (nSPS) is 16.5. The van der Waals surface area contributed by atoms with Gasteiger partial charge < -0.3 is 20.3 Å². The van der Waals surface area contributed by atoms with Crippen molar-refractivity contribution in [1.29, 1.82) is 0 Å². The second kappa shape index (κ2) is 14.5. The van der Waals surface area contributed by atoms with Crippen LogP contribution in [0.3, 0.4) is 0 Å². The van der Waals surface area contributed by atoms with Crippen LogP contribution in [0.1, 0.15) is 19.8 Å². The Morgan fingerprint density at radius 3 is 2.50 bits per heavy atom. The molecule has 1 fully saturated rings. The summed E-state index contributed by atoms with van der Waals surface area (Å²) in [6.45, 7) is 11.1. The van der Waals surface area contributed by atoms with Gasteiger partial charge in [-0.2, -0.15) is 0 Å². The van der Waals surface area contributed by atoms with E-state index in [-0.39, 0.29) is 24.0 Å². The number of likely N-dealkylation sites (N-methyl/N-ethyl adjacent to an activating group) is 1. The lowest BCUT2D eigenvalue weighted by Crippen LogP contribution is -2.45. The summed E-state index contributed by atoms with van der Waals surface area (Å²) >= 11 is 0. The molecule has 0 bridgehead atoms. The molecule has 0 radical (unpaired) electrons. The predicted octanol–water partition coefficient (Wildman–Crippen LogP) is 0.834. The van der Waals surface area contributed by atoms with Crippen LogP contribution in [-0.2, 0) is 4.74 Å². The molecule has 0 atom stereocenters. The number of morpholine rings is 1. The van der Waals surface area contributed by atoms with Crippen LogP contribution in [0.25, 0.3) is 0 Å². The molecule has 1 saturated heterocycles. The van der Waals surface area contributed by atoms with Gasteiger partial charge >= 0.3 is 0 Å². The van der Waals surface area contributed by atoms with E-state index in [4.69, 9.17) is 4.74 Å². The number of rotatable bonds is 9. The number of hydrogen-bond acceptors (Lipinski definition) is 4. The minimum Gasteiger partial charge on any atom is -0.379 e. The molecule has 0 aromatic carbocycles. The van der Waals surface area contributed by atoms with Crippen molar-refractivity contribution in [2.45, 2.75) is 19.8 Å². The molecule has 2 N–H and O–H groups in total. The van der Waals surface area contributed by atoms with Gasteiger partial charge in [0.25, 0.3) is 0 Å². The van der Waals surface area contributed by atoms with Crippen LogP contribution >= 0.6 is 24.0 Å². The van der Waals surface area contributed by atoms with Crippen molar-refractivity contribution >= 4 is 29.9 Å². The Kier molecular flexibility index (Phi) is 14.4. The Bertz CT molecular complexity index is 285. The topological polar surface area (TPSA) is 52.1 Å². The summed E-state index contributed by atoms with van der Waals surface area (Å²) in [5, 5.41) is 6.74. The van der Waals surface area contributed by atoms with Crippen molar-refractivity contribution in [3.05, 3.63) is 0 Å². The van der Waals surface area contributed by atoms with Crippen LogP contribution < -0.4 is 10.6 Å². The molecule has 1 heterocycles. The Morgan fingerprint density at radius 2 is 1.86 bits per heavy atom. The zero-order chi connectivity index (χ0) is 15.3. The summed E-state index contributed by atoms with van der Waals surface area (Å²) in [6, 6.07) is 0. The van der Waals surface area contributed by atoms with Gasteiger partial charge in [-0.15, -0.1) is 24.0 Å². The molecule has 132 valence electrons. The molecular weight excluding hydrogens is 393 g/mol. The van der Waals surface area contributed by atoms with Gasteiger partial charge in [0.1, 0.15) is 0 Å². The van der Waals surface area contributed by atoms with E-state index >= 15 is 0 Å². The monoisotopic (exact) mass is 427 g/mol. The minimum absolute atomic E-state index is 0. The highest BCUT2D eigenvalue weighted by Gasteiger charge is 2.09. The molecule has 0 spiro atoms. The smallest absolute Gasteiger partial charge is 0.191 e. The van der Waals surface area contributed by atoms with E-state index in [0.717, 1.165) is 58.4 Å². The van der Waals surface area contributed by atoms with Gasteiger partial charge in [-0.05, 0) is 20.0 Å². The van der Waals surface area contributed by atoms with E-state index in [0.29, 0.717) is 0 Å². The highest BCUT2D eigenvalue weighted by molar-refractivity contribution is 14.0. The van der Waals surface area contributed by atoms with Crippen molar-refractivity contribution in [2.24, 2.45) is 4.99 Å². The summed E-state index contributed by atoms with van der Waals surface area (Å²) in [4.78, 5) is 9.04. The Morgan fingerprint density at radius 1 is 1.18 bits per heavy atom. The SMILES string of the molecule is CCCCN(C)CCNC(=NC)NCCN1CCOCC1.I. The average Bonchev–Trinajstić information content (AvgIpc) is 2.52. The first kappa shape index (κ1) is 21.9. The third-order valence-electron chi connectivity index (χ3n) is 3.73. The number of halogens is 1. The van der Waals surface area contributed by atoms with E-state index in [1.807, 2.05) is 7.05 Å². The van der Waals surface area contributed by atoms with Crippen molar-refractivity contribution in [3.8, 4) is 0 Å². The highest BCUT2D eigenvalue weighted by Crippen LogP contribution is 1.94. The lowest BCUT2D eigenvalue weighted by molar-refractivity contribution is 0.0389. The van der Waals surface area contributed by atoms with E-state index in [1.54, 1.807) is 0 Å². The van der Waals surface area contributed by atoms with Crippen molar-refractivity contribution < 1.29 is 4.74 Å². The van der Waals surface area contributed by atoms with Gasteiger partial charge in [0.2, 0.25) is 0 Å². The van der Waals surface area contributed by atoms with E-state index in [2.05, 4.69) is 39.4 Å². The van der Waals surface area contributed by atoms with E-state index < -0.39 is 0 Å². The van der Waals surface area contributed by atoms with Crippen molar-refractivity contribution in [1.82, 2.24) is 20.4 Å². The van der Waals surface area contributed by atoms with Crippen LogP contribution in [-0.4, -0.2) is 88.9 Å². The van der Waals surface area contributed by atoms with Crippen LogP contribution in [0.4, 0.5) is 0 Å². The summed E-state index contributed by atoms with van der Waals surface area (Å²) in [5.41, 5.74) is 0. The van der Waals surface area contributed by atoms with Crippen molar-refractivity contribution in [2.75, 3.05) is 73.1 Å². The Balaban J connectivity index is 0.00000441. The van der Waals surface area contributed by atoms with Gasteiger partial charge in [0.15, 0.2) is 5.96 Å². The van der Waals surface area contributed by atoms with Gasteiger partial charge in [0.05, 0.1) is 13.2 Å². The number of guanidine groups is 1. The summed E-state index contributed by atoms with van der Waals surface area (Å²) < 4.78 is 5.35. The zero-order valence-corrected chi connectivity index (χ0v) is 16.8. The lowest BCUT2D eigenvalue weighted by atomic mass is 10.3. The molecule has 1 rings (SSSR count). The first-order valence-corrected chi connectivity index (χ1v) is 8.19. The maximum absolute atomic E-state index is 5.35. The van der Waals surface area contributed by atoms with Crippen LogP contribution in [0.2, 0.25) is 0 Å². The zero-order valence-electron chi connectivity index (χ0n) is 14.4. The summed E-state index contributed by atoms with van der Waals surface area (Å²) in [6.07, 6.45) is 2.52. The van der Waals surface area contributed by atoms with Crippen LogP contribution in [0.5, 0.6) is 0 Å². The molecule has 1 aliphatic heterocycles. The van der Waals surface area contributed by atoms with E-state index in [9.17, 15) is 0 Å². The van der Waals surface area contributed by atoms with E-state index in [1.165, 1.54) is 19.4 Å². The first-order valence-electron chi connectivity index (χ1n) is 8.19. The molecule has 0 amide bonds. The molecule has 22 heavy (non-hydrogen) atoms. The van der Waals surface area contributed by atoms with Crippen LogP contribution in [0, 0.1) is 0 Å². The lowest BCUT2D eigenvalue weighted by Gasteiger charge is -2.26. The number of ether oxygens (including phenoxy) is 1. The predicted molar refractivity (Wildman–Crippen MR) is 104 cm³/mol. The highest BCUT2D eigenvalue weighted by atomic mass is 127. The first-order chi connectivity index (χ1) is 10.3. The average molecular weight is 427 g/mol. The molecule has 0 aromatic heterocycles. The second-order valence-electron chi connectivity index (χ2n) is 5.54. The number of nitrogens with zero attached hydrogens (tertiary/aromatic N) is 3. The van der Waals surface area contributed by atoms with Gasteiger partial charge in [0, 0.05) is 46.3 Å². The fraction of sp³-hybridized carbons (Fsp3) is 0.933. The standard InChI is InChI=1S/C15H33N5O.HI/c1-4-5-8-19(3)9-6-17-15(16-2)18-7-10-20-11-13-21-14-12-20;/h4-14H2,1-3H3,(H2,16,17,18);1H. The maximum atomic E-state index is 5.35. The van der Waals surface area contributed by atoms with Gasteiger partial charge in [-0.25, -0.2) is 0 Å². The number of unbranched alkanes of at least 4 members (excludes halogenated alkanes) is 1. The fourth-order valence-electron chi connectivity index (χ4n) is 2.28. The third-order valence-corrected chi connectivity index (χ3v) is 3.73. The molecule has 6 nitrogen and oxygen atoms in total. The molecule has 0 saturated carbocycles. The maximum Gasteiger partial charge on any atom is 0.191 e. The number of aliphatic imine (C=N–C) groups is 1.